The van der Waals surface area contributed by atoms with Gasteiger partial charge in [-0.2, -0.15) is 0 Å². The Kier molecular flexibility index (Phi) is 5.08. The number of ether oxygens (including phenoxy) is 2. The van der Waals surface area contributed by atoms with E-state index in [0.717, 1.165) is 22.1 Å². The van der Waals surface area contributed by atoms with Gasteiger partial charge in [-0.05, 0) is 46.7 Å². The molecule has 0 radical (unpaired) electrons. The molecule has 2 amide bonds. The molecule has 1 N–H and O–H groups in total. The molecule has 0 saturated carbocycles. The van der Waals surface area contributed by atoms with Gasteiger partial charge in [0.2, 0.25) is 5.91 Å². The smallest absolute Gasteiger partial charge is 0.266 e. The lowest BCUT2D eigenvalue weighted by atomic mass is 10.1. The fraction of sp³-hybridized carbons (Fsp3) is 0.217. The first kappa shape index (κ1) is 18.8. The molecule has 1 aliphatic heterocycles. The Labute approximate surface area is 169 Å². The molecule has 1 aliphatic rings. The van der Waals surface area contributed by atoms with Crippen LogP contribution in [-0.4, -0.2) is 37.0 Å². The van der Waals surface area contributed by atoms with Gasteiger partial charge in [0.1, 0.15) is 11.5 Å². The molecule has 6 heteroatoms. The summed E-state index contributed by atoms with van der Waals surface area (Å²) in [5, 5.41) is 4.94. The van der Waals surface area contributed by atoms with E-state index in [2.05, 4.69) is 11.4 Å². The van der Waals surface area contributed by atoms with Crippen LogP contribution in [0.5, 0.6) is 11.5 Å². The first-order valence-electron chi connectivity index (χ1n) is 9.40. The summed E-state index contributed by atoms with van der Waals surface area (Å²) in [5.41, 5.74) is 1.64. The number of anilines is 1. The molecule has 0 fully saturated rings. The van der Waals surface area contributed by atoms with Crippen LogP contribution in [0, 0.1) is 0 Å². The summed E-state index contributed by atoms with van der Waals surface area (Å²) in [5.74, 6) is 0.937. The van der Waals surface area contributed by atoms with E-state index in [0.29, 0.717) is 18.0 Å². The topological polar surface area (TPSA) is 67.9 Å². The maximum Gasteiger partial charge on any atom is 0.266 e. The van der Waals surface area contributed by atoms with E-state index in [1.807, 2.05) is 42.5 Å². The third-order valence-electron chi connectivity index (χ3n) is 5.02. The Morgan fingerprint density at radius 2 is 1.86 bits per heavy atom. The number of carbonyl (C=O) groups excluding carboxylic acids is 2. The predicted molar refractivity (Wildman–Crippen MR) is 111 cm³/mol. The number of nitrogens with one attached hydrogen (secondary N) is 1. The lowest BCUT2D eigenvalue weighted by Crippen LogP contribution is -2.41. The van der Waals surface area contributed by atoms with Crippen molar-refractivity contribution in [2.75, 3.05) is 19.5 Å². The maximum atomic E-state index is 12.7. The molecular formula is C23H22N2O4. The maximum absolute atomic E-state index is 12.7. The zero-order chi connectivity index (χ0) is 20.4. The summed E-state index contributed by atoms with van der Waals surface area (Å²) in [6, 6.07) is 19.1. The largest absolute Gasteiger partial charge is 0.497 e. The lowest BCUT2D eigenvalue weighted by molar-refractivity contribution is -0.136. The number of benzene rings is 3. The minimum Gasteiger partial charge on any atom is -0.497 e. The SMILES string of the molecule is COc1ccc2cc(CN(C)C(=O)C[C@@H]3Oc4ccccc4NC3=O)ccc2c1. The van der Waals surface area contributed by atoms with E-state index in [-0.39, 0.29) is 18.2 Å². The van der Waals surface area contributed by atoms with Gasteiger partial charge in [0, 0.05) is 13.6 Å². The van der Waals surface area contributed by atoms with Crippen molar-refractivity contribution in [2.45, 2.75) is 19.1 Å². The van der Waals surface area contributed by atoms with Gasteiger partial charge in [-0.1, -0.05) is 30.3 Å². The fourth-order valence-electron chi connectivity index (χ4n) is 3.40. The molecule has 148 valence electrons. The third-order valence-corrected chi connectivity index (χ3v) is 5.02. The highest BCUT2D eigenvalue weighted by molar-refractivity contribution is 5.99. The van der Waals surface area contributed by atoms with E-state index in [1.165, 1.54) is 0 Å². The quantitative estimate of drug-likeness (QED) is 0.723. The second-order valence-corrected chi connectivity index (χ2v) is 7.09. The average molecular weight is 390 g/mol. The van der Waals surface area contributed by atoms with E-state index < -0.39 is 6.10 Å². The lowest BCUT2D eigenvalue weighted by Gasteiger charge is -2.27. The number of rotatable bonds is 5. The number of para-hydroxylation sites is 2. The first-order chi connectivity index (χ1) is 14.0. The van der Waals surface area contributed by atoms with Gasteiger partial charge >= 0.3 is 0 Å². The van der Waals surface area contributed by atoms with Gasteiger partial charge in [0.25, 0.3) is 5.91 Å². The summed E-state index contributed by atoms with van der Waals surface area (Å²) in [4.78, 5) is 26.5. The van der Waals surface area contributed by atoms with Gasteiger partial charge < -0.3 is 19.7 Å². The van der Waals surface area contributed by atoms with Gasteiger partial charge in [-0.25, -0.2) is 0 Å². The highest BCUT2D eigenvalue weighted by Gasteiger charge is 2.30. The van der Waals surface area contributed by atoms with Crippen LogP contribution in [0.25, 0.3) is 10.8 Å². The van der Waals surface area contributed by atoms with Gasteiger partial charge in [0.15, 0.2) is 6.10 Å². The van der Waals surface area contributed by atoms with Crippen molar-refractivity contribution < 1.29 is 19.1 Å². The van der Waals surface area contributed by atoms with Crippen LogP contribution in [0.15, 0.2) is 60.7 Å². The summed E-state index contributed by atoms with van der Waals surface area (Å²) < 4.78 is 11.0. The number of hydrogen-bond donors (Lipinski definition) is 1. The van der Waals surface area contributed by atoms with Gasteiger partial charge in [0.05, 0.1) is 19.2 Å². The molecule has 6 nitrogen and oxygen atoms in total. The molecule has 4 rings (SSSR count). The third kappa shape index (κ3) is 4.01. The number of amides is 2. The average Bonchev–Trinajstić information content (AvgIpc) is 2.73. The first-order valence-corrected chi connectivity index (χ1v) is 9.40. The molecule has 3 aromatic rings. The van der Waals surface area contributed by atoms with Crippen molar-refractivity contribution in [3.8, 4) is 11.5 Å². The van der Waals surface area contributed by atoms with Crippen molar-refractivity contribution in [3.63, 3.8) is 0 Å². The Balaban J connectivity index is 1.42. The summed E-state index contributed by atoms with van der Waals surface area (Å²) in [7, 11) is 3.38. The van der Waals surface area contributed by atoms with Crippen LogP contribution in [0.1, 0.15) is 12.0 Å². The standard InChI is InChI=1S/C23H22N2O4/c1-25(14-15-7-8-17-12-18(28-2)10-9-16(17)11-15)22(26)13-21-23(27)24-19-5-3-4-6-20(19)29-21/h3-12,21H,13-14H2,1-2H3,(H,24,27)/t21-/m0/s1. The highest BCUT2D eigenvalue weighted by atomic mass is 16.5. The normalized spacial score (nSPS) is 15.2. The molecule has 1 atom stereocenters. The Morgan fingerprint density at radius 3 is 2.69 bits per heavy atom. The molecule has 0 aliphatic carbocycles. The number of methoxy groups -OCH3 is 1. The van der Waals surface area contributed by atoms with Crippen molar-refractivity contribution in [1.82, 2.24) is 4.90 Å². The van der Waals surface area contributed by atoms with Crippen LogP contribution >= 0.6 is 0 Å². The molecule has 29 heavy (non-hydrogen) atoms. The van der Waals surface area contributed by atoms with Crippen LogP contribution in [0.2, 0.25) is 0 Å². The Bertz CT molecular complexity index is 1080. The van der Waals surface area contributed by atoms with E-state index >= 15 is 0 Å². The molecule has 0 bridgehead atoms. The van der Waals surface area contributed by atoms with Gasteiger partial charge in [-0.15, -0.1) is 0 Å². The van der Waals surface area contributed by atoms with E-state index in [4.69, 9.17) is 9.47 Å². The molecule has 0 saturated heterocycles. The van der Waals surface area contributed by atoms with Crippen LogP contribution in [-0.2, 0) is 16.1 Å². The molecule has 0 spiro atoms. The molecule has 0 aromatic heterocycles. The summed E-state index contributed by atoms with van der Waals surface area (Å²) in [6.07, 6.45) is -0.842. The second kappa shape index (κ2) is 7.83. The number of nitrogens with zero attached hydrogens (tertiary/aromatic N) is 1. The molecule has 3 aromatic carbocycles. The molecule has 1 heterocycles. The minimum atomic E-state index is -0.830. The van der Waals surface area contributed by atoms with E-state index in [1.54, 1.807) is 31.2 Å². The fourth-order valence-corrected chi connectivity index (χ4v) is 3.40. The van der Waals surface area contributed by atoms with Crippen molar-refractivity contribution in [1.29, 1.82) is 0 Å². The van der Waals surface area contributed by atoms with Crippen molar-refractivity contribution >= 4 is 28.3 Å². The second-order valence-electron chi connectivity index (χ2n) is 7.09. The van der Waals surface area contributed by atoms with Gasteiger partial charge in [-0.3, -0.25) is 9.59 Å². The highest BCUT2D eigenvalue weighted by Crippen LogP contribution is 2.30. The van der Waals surface area contributed by atoms with E-state index in [9.17, 15) is 9.59 Å². The van der Waals surface area contributed by atoms with Crippen LogP contribution < -0.4 is 14.8 Å². The summed E-state index contributed by atoms with van der Waals surface area (Å²) >= 11 is 0. The number of carbonyl (C=O) groups is 2. The monoisotopic (exact) mass is 390 g/mol. The molecule has 0 unspecified atom stereocenters. The van der Waals surface area contributed by atoms with Crippen molar-refractivity contribution in [2.24, 2.45) is 0 Å². The predicted octanol–water partition coefficient (Wildman–Crippen LogP) is 3.60. The minimum absolute atomic E-state index is 0.0125. The number of fused-ring (bicyclic) bond motifs is 2. The summed E-state index contributed by atoms with van der Waals surface area (Å²) in [6.45, 7) is 0.450. The number of hydrogen-bond acceptors (Lipinski definition) is 4. The van der Waals surface area contributed by atoms with Crippen LogP contribution in [0.4, 0.5) is 5.69 Å². The zero-order valence-electron chi connectivity index (χ0n) is 16.3. The zero-order valence-corrected chi connectivity index (χ0v) is 16.3. The van der Waals surface area contributed by atoms with Crippen LogP contribution in [0.3, 0.4) is 0 Å². The Hall–Kier alpha value is -3.54. The molecular weight excluding hydrogens is 368 g/mol. The Morgan fingerprint density at radius 1 is 1.10 bits per heavy atom. The van der Waals surface area contributed by atoms with Crippen molar-refractivity contribution in [3.05, 3.63) is 66.2 Å².